The molecule has 0 fully saturated rings. The van der Waals surface area contributed by atoms with E-state index in [2.05, 4.69) is 4.98 Å². The quantitative estimate of drug-likeness (QED) is 0.792. The summed E-state index contributed by atoms with van der Waals surface area (Å²) in [6.45, 7) is 0. The third-order valence-corrected chi connectivity index (χ3v) is 3.20. The zero-order valence-electron chi connectivity index (χ0n) is 7.90. The Kier molecular flexibility index (Phi) is 2.79. The molecule has 2 rings (SSSR count). The van der Waals surface area contributed by atoms with Crippen molar-refractivity contribution in [3.05, 3.63) is 39.9 Å². The smallest absolute Gasteiger partial charge is 0.180 e. The first kappa shape index (κ1) is 10.3. The molecule has 0 spiro atoms. The molecule has 0 unspecified atom stereocenters. The molecule has 2 aromatic rings. The van der Waals surface area contributed by atoms with Gasteiger partial charge in [-0.2, -0.15) is 0 Å². The van der Waals surface area contributed by atoms with E-state index in [1.165, 1.54) is 11.3 Å². The van der Waals surface area contributed by atoms with Gasteiger partial charge in [0, 0.05) is 28.2 Å². The lowest BCUT2D eigenvalue weighted by Crippen LogP contribution is -1.90. The van der Waals surface area contributed by atoms with E-state index < -0.39 is 0 Å². The van der Waals surface area contributed by atoms with Crippen LogP contribution in [0.3, 0.4) is 0 Å². The van der Waals surface area contributed by atoms with Crippen LogP contribution >= 0.6 is 22.9 Å². The molecule has 0 atom stereocenters. The summed E-state index contributed by atoms with van der Waals surface area (Å²) in [5.74, 6) is 0. The molecule has 0 bridgehead atoms. The molecule has 1 heterocycles. The Morgan fingerprint density at radius 1 is 1.33 bits per heavy atom. The number of halogens is 1. The lowest BCUT2D eigenvalue weighted by molar-refractivity contribution is 1.22. The van der Waals surface area contributed by atoms with Crippen molar-refractivity contribution in [1.29, 1.82) is 0 Å². The van der Waals surface area contributed by atoms with Gasteiger partial charge in [0.25, 0.3) is 0 Å². The summed E-state index contributed by atoms with van der Waals surface area (Å²) in [5, 5.41) is 1.29. The second-order valence-corrected chi connectivity index (χ2v) is 4.75. The van der Waals surface area contributed by atoms with Crippen molar-refractivity contribution in [2.24, 2.45) is 0 Å². The van der Waals surface area contributed by atoms with E-state index in [1.807, 2.05) is 6.07 Å². The third kappa shape index (κ3) is 2.40. The molecule has 15 heavy (non-hydrogen) atoms. The summed E-state index contributed by atoms with van der Waals surface area (Å²) >= 11 is 7.51. The maximum absolute atomic E-state index is 6.05. The largest absolute Gasteiger partial charge is 0.399 e. The van der Waals surface area contributed by atoms with Gasteiger partial charge in [-0.3, -0.25) is 0 Å². The van der Waals surface area contributed by atoms with Crippen LogP contribution in [0, 0.1) is 0 Å². The van der Waals surface area contributed by atoms with Gasteiger partial charge in [0.05, 0.1) is 0 Å². The first-order valence-electron chi connectivity index (χ1n) is 4.39. The van der Waals surface area contributed by atoms with E-state index in [4.69, 9.17) is 23.1 Å². The Morgan fingerprint density at radius 2 is 2.13 bits per heavy atom. The van der Waals surface area contributed by atoms with Gasteiger partial charge in [-0.25, -0.2) is 4.98 Å². The summed E-state index contributed by atoms with van der Waals surface area (Å²) in [7, 11) is 0. The molecule has 0 aliphatic rings. The van der Waals surface area contributed by atoms with Gasteiger partial charge in [-0.05, 0) is 23.8 Å². The molecule has 0 aliphatic carbocycles. The van der Waals surface area contributed by atoms with Gasteiger partial charge >= 0.3 is 0 Å². The fraction of sp³-hybridized carbons (Fsp3) is 0.100. The lowest BCUT2D eigenvalue weighted by atomic mass is 10.1. The van der Waals surface area contributed by atoms with E-state index in [1.54, 1.807) is 18.3 Å². The lowest BCUT2D eigenvalue weighted by Gasteiger charge is -2.03. The third-order valence-electron chi connectivity index (χ3n) is 2.01. The number of thiazole rings is 1. The summed E-state index contributed by atoms with van der Waals surface area (Å²) in [4.78, 5) is 5.07. The van der Waals surface area contributed by atoms with Gasteiger partial charge < -0.3 is 11.5 Å². The van der Waals surface area contributed by atoms with Crippen molar-refractivity contribution >= 4 is 33.8 Å². The molecule has 3 nitrogen and oxygen atoms in total. The second-order valence-electron chi connectivity index (χ2n) is 3.19. The predicted molar refractivity (Wildman–Crippen MR) is 65.2 cm³/mol. The molecule has 0 saturated carbocycles. The Hall–Kier alpha value is -1.26. The van der Waals surface area contributed by atoms with Gasteiger partial charge in [0.1, 0.15) is 0 Å². The van der Waals surface area contributed by atoms with Crippen molar-refractivity contribution in [2.45, 2.75) is 6.42 Å². The van der Waals surface area contributed by atoms with E-state index in [0.29, 0.717) is 10.8 Å². The molecular weight excluding hydrogens is 230 g/mol. The van der Waals surface area contributed by atoms with Crippen LogP contribution in [0.2, 0.25) is 5.02 Å². The average Bonchev–Trinajstić information content (AvgIpc) is 2.58. The van der Waals surface area contributed by atoms with Gasteiger partial charge in [-0.1, -0.05) is 11.6 Å². The number of nitrogens with two attached hydrogens (primary N) is 2. The molecule has 4 N–H and O–H groups in total. The number of aromatic nitrogens is 1. The number of hydrogen-bond acceptors (Lipinski definition) is 4. The zero-order chi connectivity index (χ0) is 10.8. The van der Waals surface area contributed by atoms with E-state index >= 15 is 0 Å². The number of nitrogen functional groups attached to an aromatic ring is 2. The first-order valence-corrected chi connectivity index (χ1v) is 5.58. The van der Waals surface area contributed by atoms with Crippen molar-refractivity contribution in [3.63, 3.8) is 0 Å². The summed E-state index contributed by atoms with van der Waals surface area (Å²) in [6.07, 6.45) is 2.48. The fourth-order valence-corrected chi connectivity index (χ4v) is 2.21. The monoisotopic (exact) mass is 239 g/mol. The number of nitrogens with zero attached hydrogens (tertiary/aromatic N) is 1. The SMILES string of the molecule is Nc1ccc(Cl)c(Cc2cnc(N)s2)c1. The van der Waals surface area contributed by atoms with Gasteiger partial charge in [0.15, 0.2) is 5.13 Å². The average molecular weight is 240 g/mol. The highest BCUT2D eigenvalue weighted by molar-refractivity contribution is 7.15. The standard InChI is InChI=1S/C10H10ClN3S/c11-9-2-1-7(12)3-6(9)4-8-5-14-10(13)15-8/h1-3,5H,4,12H2,(H2,13,14). The summed E-state index contributed by atoms with van der Waals surface area (Å²) in [6, 6.07) is 5.46. The Morgan fingerprint density at radius 3 is 2.80 bits per heavy atom. The van der Waals surface area contributed by atoms with Crippen molar-refractivity contribution < 1.29 is 0 Å². The van der Waals surface area contributed by atoms with Gasteiger partial charge in [-0.15, -0.1) is 11.3 Å². The Labute approximate surface area is 96.7 Å². The second kappa shape index (κ2) is 4.08. The van der Waals surface area contributed by atoms with E-state index in [0.717, 1.165) is 21.9 Å². The van der Waals surface area contributed by atoms with Crippen LogP contribution in [0.15, 0.2) is 24.4 Å². The zero-order valence-corrected chi connectivity index (χ0v) is 9.48. The van der Waals surface area contributed by atoms with Crippen LogP contribution < -0.4 is 11.5 Å². The topological polar surface area (TPSA) is 64.9 Å². The Bertz CT molecular complexity index is 481. The maximum Gasteiger partial charge on any atom is 0.180 e. The molecule has 1 aromatic heterocycles. The van der Waals surface area contributed by atoms with Crippen molar-refractivity contribution in [1.82, 2.24) is 4.98 Å². The molecule has 0 radical (unpaired) electrons. The predicted octanol–water partition coefficient (Wildman–Crippen LogP) is 2.55. The fourth-order valence-electron chi connectivity index (χ4n) is 1.32. The molecule has 78 valence electrons. The number of hydrogen-bond donors (Lipinski definition) is 2. The number of rotatable bonds is 2. The Balaban J connectivity index is 2.27. The number of anilines is 2. The minimum absolute atomic E-state index is 0.574. The van der Waals surface area contributed by atoms with Crippen molar-refractivity contribution in [2.75, 3.05) is 11.5 Å². The van der Waals surface area contributed by atoms with Crippen LogP contribution in [-0.2, 0) is 6.42 Å². The van der Waals surface area contributed by atoms with Crippen molar-refractivity contribution in [3.8, 4) is 0 Å². The van der Waals surface area contributed by atoms with Crippen LogP contribution in [0.4, 0.5) is 10.8 Å². The minimum Gasteiger partial charge on any atom is -0.399 e. The highest BCUT2D eigenvalue weighted by Crippen LogP contribution is 2.24. The maximum atomic E-state index is 6.05. The highest BCUT2D eigenvalue weighted by atomic mass is 35.5. The molecule has 5 heteroatoms. The normalized spacial score (nSPS) is 10.5. The molecule has 1 aromatic carbocycles. The molecule has 0 saturated heterocycles. The van der Waals surface area contributed by atoms with E-state index in [9.17, 15) is 0 Å². The van der Waals surface area contributed by atoms with Gasteiger partial charge in [0.2, 0.25) is 0 Å². The summed E-state index contributed by atoms with van der Waals surface area (Å²) < 4.78 is 0. The molecular formula is C10H10ClN3S. The van der Waals surface area contributed by atoms with Crippen LogP contribution in [0.1, 0.15) is 10.4 Å². The van der Waals surface area contributed by atoms with Crippen LogP contribution in [0.5, 0.6) is 0 Å². The number of benzene rings is 1. The summed E-state index contributed by atoms with van der Waals surface area (Å²) in [5.41, 5.74) is 13.0. The van der Waals surface area contributed by atoms with E-state index in [-0.39, 0.29) is 0 Å². The minimum atomic E-state index is 0.574. The van der Waals surface area contributed by atoms with Crippen LogP contribution in [-0.4, -0.2) is 4.98 Å². The first-order chi connectivity index (χ1) is 7.15. The highest BCUT2D eigenvalue weighted by Gasteiger charge is 2.05. The molecule has 0 aliphatic heterocycles. The molecule has 0 amide bonds. The van der Waals surface area contributed by atoms with Crippen LogP contribution in [0.25, 0.3) is 0 Å².